The number of amides is 2. The van der Waals surface area contributed by atoms with E-state index in [0.29, 0.717) is 30.6 Å². The van der Waals surface area contributed by atoms with Gasteiger partial charge in [0, 0.05) is 43.8 Å². The van der Waals surface area contributed by atoms with Gasteiger partial charge in [0.1, 0.15) is 6.73 Å². The Bertz CT molecular complexity index is 1070. The summed E-state index contributed by atoms with van der Waals surface area (Å²) < 4.78 is 5.18. The Balaban J connectivity index is 1.46. The van der Waals surface area contributed by atoms with Crippen molar-refractivity contribution in [2.45, 2.75) is 43.7 Å². The lowest BCUT2D eigenvalue weighted by molar-refractivity contribution is -0.131. The highest BCUT2D eigenvalue weighted by Gasteiger charge is 2.50. The molecule has 2 aromatic carbocycles. The number of hydrogen-bond donors (Lipinski definition) is 4. The summed E-state index contributed by atoms with van der Waals surface area (Å²) in [6.45, 7) is 3.72. The Morgan fingerprint density at radius 3 is 2.63 bits per heavy atom. The second-order valence-electron chi connectivity index (χ2n) is 10.4. The molecule has 2 heterocycles. The van der Waals surface area contributed by atoms with E-state index in [9.17, 15) is 9.59 Å². The zero-order valence-electron chi connectivity index (χ0n) is 22.3. The molecule has 0 spiro atoms. The number of hydrogen-bond acceptors (Lipinski definition) is 7. The lowest BCUT2D eigenvalue weighted by Gasteiger charge is -2.44. The molecule has 2 aliphatic rings. The van der Waals surface area contributed by atoms with E-state index in [2.05, 4.69) is 88.2 Å². The van der Waals surface area contributed by atoms with Gasteiger partial charge in [-0.2, -0.15) is 25.3 Å². The zero-order chi connectivity index (χ0) is 26.9. The molecule has 0 aliphatic carbocycles. The van der Waals surface area contributed by atoms with Gasteiger partial charge in [-0.25, -0.2) is 0 Å². The van der Waals surface area contributed by atoms with Crippen molar-refractivity contribution in [3.05, 3.63) is 48.0 Å². The first-order valence-corrected chi connectivity index (χ1v) is 15.0. The molecule has 9 heteroatoms. The van der Waals surface area contributed by atoms with Crippen LogP contribution in [0.5, 0.6) is 0 Å². The number of thiol groups is 2. The third kappa shape index (κ3) is 7.24. The molecule has 4 rings (SSSR count). The van der Waals surface area contributed by atoms with Gasteiger partial charge in [0.15, 0.2) is 0 Å². The first-order chi connectivity index (χ1) is 18.5. The molecule has 4 atom stereocenters. The molecular formula is C29H42N4O3S2. The van der Waals surface area contributed by atoms with E-state index in [-0.39, 0.29) is 36.4 Å². The van der Waals surface area contributed by atoms with Gasteiger partial charge in [0.25, 0.3) is 0 Å². The van der Waals surface area contributed by atoms with Crippen molar-refractivity contribution in [3.63, 3.8) is 0 Å². The number of nitrogens with zero attached hydrogens (tertiary/aromatic N) is 2. The monoisotopic (exact) mass is 558 g/mol. The quantitative estimate of drug-likeness (QED) is 0.212. The van der Waals surface area contributed by atoms with Crippen LogP contribution >= 0.6 is 25.3 Å². The molecule has 2 saturated heterocycles. The van der Waals surface area contributed by atoms with Gasteiger partial charge in [-0.3, -0.25) is 19.4 Å². The number of nitrogens with one attached hydrogen (secondary N) is 2. The number of benzene rings is 2. The third-order valence-electron chi connectivity index (χ3n) is 8.07. The molecule has 0 aromatic heterocycles. The fourth-order valence-electron chi connectivity index (χ4n) is 6.40. The summed E-state index contributed by atoms with van der Waals surface area (Å²) in [5.74, 6) is 1.52. The van der Waals surface area contributed by atoms with Gasteiger partial charge in [-0.15, -0.1) is 0 Å². The molecule has 2 aliphatic heterocycles. The minimum Gasteiger partial charge on any atom is -0.364 e. The Morgan fingerprint density at radius 2 is 1.87 bits per heavy atom. The SMILES string of the molecule is COCNC(=O)[C@H]1[C@@H](c2ccc3ccccc3c2)CC2CC[C@H]1N2CCCN(CCS)CC(=O)NCCS. The first-order valence-electron chi connectivity index (χ1n) is 13.8. The van der Waals surface area contributed by atoms with Gasteiger partial charge in [-0.05, 0) is 61.0 Å². The molecule has 2 N–H and O–H groups in total. The highest BCUT2D eigenvalue weighted by molar-refractivity contribution is 7.80. The maximum Gasteiger partial charge on any atom is 0.234 e. The lowest BCUT2D eigenvalue weighted by Crippen LogP contribution is -2.53. The normalized spacial score (nSPS) is 23.2. The predicted octanol–water partition coefficient (Wildman–Crippen LogP) is 3.16. The zero-order valence-corrected chi connectivity index (χ0v) is 24.1. The minimum atomic E-state index is -0.120. The van der Waals surface area contributed by atoms with Crippen LogP contribution < -0.4 is 10.6 Å². The van der Waals surface area contributed by atoms with Crippen LogP contribution in [-0.2, 0) is 14.3 Å². The van der Waals surface area contributed by atoms with Crippen molar-refractivity contribution in [2.24, 2.45) is 5.92 Å². The molecule has 2 aromatic rings. The smallest absolute Gasteiger partial charge is 0.234 e. The molecule has 38 heavy (non-hydrogen) atoms. The molecule has 0 saturated carbocycles. The molecule has 7 nitrogen and oxygen atoms in total. The van der Waals surface area contributed by atoms with Gasteiger partial charge < -0.3 is 15.4 Å². The molecular weight excluding hydrogens is 516 g/mol. The van der Waals surface area contributed by atoms with Crippen LogP contribution in [0.1, 0.15) is 37.2 Å². The number of carbonyl (C=O) groups excluding carboxylic acids is 2. The topological polar surface area (TPSA) is 73.9 Å². The van der Waals surface area contributed by atoms with E-state index in [0.717, 1.165) is 45.3 Å². The van der Waals surface area contributed by atoms with E-state index in [1.165, 1.54) is 16.3 Å². The van der Waals surface area contributed by atoms with E-state index in [1.54, 1.807) is 7.11 Å². The van der Waals surface area contributed by atoms with E-state index < -0.39 is 0 Å². The molecule has 0 radical (unpaired) electrons. The van der Waals surface area contributed by atoms with Gasteiger partial charge >= 0.3 is 0 Å². The molecule has 2 fully saturated rings. The number of methoxy groups -OCH3 is 1. The standard InChI is InChI=1S/C29H42N4O3S2/c1-36-20-31-29(35)28-25(23-8-7-21-5-2-3-6-22(21)17-23)18-24-9-10-26(28)33(24)13-4-12-32(14-16-38)19-27(34)30-11-15-37/h2-3,5-8,17,24-26,28,37-38H,4,9-16,18-20H2,1H3,(H,30,34)(H,31,35)/t24?,25-,26-,28+/m1/s1. The number of piperidine rings is 1. The van der Waals surface area contributed by atoms with Gasteiger partial charge in [-0.1, -0.05) is 42.5 Å². The van der Waals surface area contributed by atoms with Crippen molar-refractivity contribution in [1.82, 2.24) is 20.4 Å². The average molecular weight is 559 g/mol. The number of fused-ring (bicyclic) bond motifs is 3. The molecule has 208 valence electrons. The predicted molar refractivity (Wildman–Crippen MR) is 160 cm³/mol. The summed E-state index contributed by atoms with van der Waals surface area (Å²) in [4.78, 5) is 30.5. The maximum absolute atomic E-state index is 13.5. The van der Waals surface area contributed by atoms with Crippen LogP contribution in [0.3, 0.4) is 0 Å². The van der Waals surface area contributed by atoms with E-state index in [4.69, 9.17) is 4.74 Å². The third-order valence-corrected chi connectivity index (χ3v) is 8.49. The van der Waals surface area contributed by atoms with Crippen LogP contribution in [0, 0.1) is 5.92 Å². The number of ether oxygens (including phenoxy) is 1. The van der Waals surface area contributed by atoms with Crippen molar-refractivity contribution < 1.29 is 14.3 Å². The van der Waals surface area contributed by atoms with E-state index in [1.807, 2.05) is 0 Å². The first kappa shape index (κ1) is 29.2. The highest BCUT2D eigenvalue weighted by Crippen LogP contribution is 2.47. The highest BCUT2D eigenvalue weighted by atomic mass is 32.1. The van der Waals surface area contributed by atoms with Crippen molar-refractivity contribution in [3.8, 4) is 0 Å². The van der Waals surface area contributed by atoms with Gasteiger partial charge in [0.2, 0.25) is 11.8 Å². The van der Waals surface area contributed by atoms with Crippen molar-refractivity contribution in [2.75, 3.05) is 58.1 Å². The lowest BCUT2D eigenvalue weighted by atomic mass is 9.75. The Hall–Kier alpha value is -1.78. The molecule has 1 unspecified atom stereocenters. The fraction of sp³-hybridized carbons (Fsp3) is 0.586. The van der Waals surface area contributed by atoms with Crippen molar-refractivity contribution in [1.29, 1.82) is 0 Å². The van der Waals surface area contributed by atoms with Crippen LogP contribution in [0.4, 0.5) is 0 Å². The average Bonchev–Trinajstić information content (AvgIpc) is 3.20. The second kappa shape index (κ2) is 14.6. The van der Waals surface area contributed by atoms with Crippen molar-refractivity contribution >= 4 is 47.8 Å². The summed E-state index contributed by atoms with van der Waals surface area (Å²) in [5, 5.41) is 8.37. The number of carbonyl (C=O) groups is 2. The summed E-state index contributed by atoms with van der Waals surface area (Å²) >= 11 is 8.56. The molecule has 2 amide bonds. The fourth-order valence-corrected chi connectivity index (χ4v) is 6.80. The summed E-state index contributed by atoms with van der Waals surface area (Å²) in [5.41, 5.74) is 1.25. The molecule has 2 bridgehead atoms. The second-order valence-corrected chi connectivity index (χ2v) is 11.3. The Labute approximate surface area is 237 Å². The maximum atomic E-state index is 13.5. The van der Waals surface area contributed by atoms with Crippen LogP contribution in [-0.4, -0.2) is 91.8 Å². The summed E-state index contributed by atoms with van der Waals surface area (Å²) in [7, 11) is 1.61. The Kier molecular flexibility index (Phi) is 11.2. The van der Waals surface area contributed by atoms with Gasteiger partial charge in [0.05, 0.1) is 12.5 Å². The largest absolute Gasteiger partial charge is 0.364 e. The minimum absolute atomic E-state index is 0.0342. The summed E-state index contributed by atoms with van der Waals surface area (Å²) in [6.07, 6.45) is 4.08. The van der Waals surface area contributed by atoms with E-state index >= 15 is 0 Å². The summed E-state index contributed by atoms with van der Waals surface area (Å²) in [6, 6.07) is 15.8. The Morgan fingerprint density at radius 1 is 1.05 bits per heavy atom. The van der Waals surface area contributed by atoms with Crippen LogP contribution in [0.15, 0.2) is 42.5 Å². The van der Waals surface area contributed by atoms with Crippen LogP contribution in [0.25, 0.3) is 10.8 Å². The number of rotatable bonds is 14. The van der Waals surface area contributed by atoms with Crippen LogP contribution in [0.2, 0.25) is 0 Å².